The van der Waals surface area contributed by atoms with E-state index in [0.717, 1.165) is 31.4 Å². The van der Waals surface area contributed by atoms with Gasteiger partial charge in [-0.15, -0.1) is 0 Å². The summed E-state index contributed by atoms with van der Waals surface area (Å²) in [7, 11) is 0. The minimum Gasteiger partial charge on any atom is -0.492 e. The number of ether oxygens (including phenoxy) is 1. The van der Waals surface area contributed by atoms with Gasteiger partial charge in [0.15, 0.2) is 0 Å². The molecule has 0 aliphatic rings. The molecule has 0 aliphatic heterocycles. The highest BCUT2D eigenvalue weighted by Gasteiger charge is 2.30. The van der Waals surface area contributed by atoms with Crippen molar-refractivity contribution in [2.75, 3.05) is 13.2 Å². The van der Waals surface area contributed by atoms with E-state index in [1.165, 1.54) is 51.0 Å². The molecule has 0 heterocycles. The zero-order chi connectivity index (χ0) is 25.7. The first-order valence-electron chi connectivity index (χ1n) is 12.7. The summed E-state index contributed by atoms with van der Waals surface area (Å²) in [5.74, 6) is 0.163. The van der Waals surface area contributed by atoms with Crippen LogP contribution in [-0.4, -0.2) is 19.1 Å². The van der Waals surface area contributed by atoms with Gasteiger partial charge in [0.2, 0.25) is 0 Å². The fourth-order valence-corrected chi connectivity index (χ4v) is 4.58. The predicted octanol–water partition coefficient (Wildman–Crippen LogP) is 9.18. The van der Waals surface area contributed by atoms with E-state index in [4.69, 9.17) is 4.74 Å². The quantitative estimate of drug-likeness (QED) is 0.222. The lowest BCUT2D eigenvalue weighted by molar-refractivity contribution is -0.137. The second-order valence-electron chi connectivity index (χ2n) is 8.78. The molecule has 0 atom stereocenters. The Bertz CT molecular complexity index is 931. The number of hydrogen-bond donors (Lipinski definition) is 1. The van der Waals surface area contributed by atoms with Gasteiger partial charge in [-0.1, -0.05) is 76.8 Å². The number of nitrogens with one attached hydrogen (secondary N) is 1. The molecule has 2 aromatic carbocycles. The van der Waals surface area contributed by atoms with Crippen molar-refractivity contribution in [1.82, 2.24) is 5.32 Å². The number of carbonyl (C=O) groups excluding carboxylic acids is 1. The van der Waals surface area contributed by atoms with Crippen LogP contribution in [0.4, 0.5) is 13.2 Å². The maximum absolute atomic E-state index is 13.2. The van der Waals surface area contributed by atoms with E-state index in [0.29, 0.717) is 40.1 Å². The summed E-state index contributed by atoms with van der Waals surface area (Å²) >= 11 is 3.43. The van der Waals surface area contributed by atoms with Crippen molar-refractivity contribution >= 4 is 21.8 Å². The number of hydrogen-bond acceptors (Lipinski definition) is 2. The van der Waals surface area contributed by atoms with Gasteiger partial charge in [0.25, 0.3) is 5.91 Å². The van der Waals surface area contributed by atoms with Crippen LogP contribution < -0.4 is 10.1 Å². The van der Waals surface area contributed by atoms with E-state index >= 15 is 0 Å². The first kappa shape index (κ1) is 29.2. The molecule has 194 valence electrons. The Labute approximate surface area is 216 Å². The van der Waals surface area contributed by atoms with Gasteiger partial charge in [-0.3, -0.25) is 4.79 Å². The maximum Gasteiger partial charge on any atom is 0.416 e. The summed E-state index contributed by atoms with van der Waals surface area (Å²) in [5, 5.41) is 2.94. The van der Waals surface area contributed by atoms with Gasteiger partial charge in [-0.25, -0.2) is 0 Å². The Kier molecular flexibility index (Phi) is 12.7. The fraction of sp³-hybridized carbons (Fsp3) is 0.536. The summed E-state index contributed by atoms with van der Waals surface area (Å²) in [4.78, 5) is 12.8. The van der Waals surface area contributed by atoms with Crippen LogP contribution in [0, 0.1) is 0 Å². The number of carbonyl (C=O) groups is 1. The van der Waals surface area contributed by atoms with Crippen molar-refractivity contribution in [3.63, 3.8) is 0 Å². The topological polar surface area (TPSA) is 38.3 Å². The smallest absolute Gasteiger partial charge is 0.416 e. The van der Waals surface area contributed by atoms with Crippen molar-refractivity contribution in [3.05, 3.63) is 52.0 Å². The van der Waals surface area contributed by atoms with Crippen molar-refractivity contribution < 1.29 is 22.7 Å². The number of amides is 1. The highest BCUT2D eigenvalue weighted by molar-refractivity contribution is 9.10. The molecular weight excluding hydrogens is 519 g/mol. The Morgan fingerprint density at radius 3 is 2.14 bits per heavy atom. The fourth-order valence-electron chi connectivity index (χ4n) is 4.01. The second kappa shape index (κ2) is 15.2. The molecule has 0 saturated carbocycles. The van der Waals surface area contributed by atoms with E-state index < -0.39 is 11.7 Å². The Balaban J connectivity index is 1.97. The van der Waals surface area contributed by atoms with Crippen LogP contribution in [0.3, 0.4) is 0 Å². The molecule has 0 aliphatic carbocycles. The summed E-state index contributed by atoms with van der Waals surface area (Å²) < 4.78 is 46.0. The first-order chi connectivity index (χ1) is 16.8. The van der Waals surface area contributed by atoms with E-state index in [1.807, 2.05) is 0 Å². The zero-order valence-electron chi connectivity index (χ0n) is 20.8. The third-order valence-electron chi connectivity index (χ3n) is 5.91. The average Bonchev–Trinajstić information content (AvgIpc) is 2.83. The highest BCUT2D eigenvalue weighted by Crippen LogP contribution is 2.40. The van der Waals surface area contributed by atoms with Crippen LogP contribution in [0.2, 0.25) is 0 Å². The molecule has 0 unspecified atom stereocenters. The molecule has 2 rings (SSSR count). The molecule has 3 nitrogen and oxygen atoms in total. The molecule has 1 N–H and O–H groups in total. The van der Waals surface area contributed by atoms with Crippen LogP contribution in [-0.2, 0) is 6.18 Å². The molecule has 1 amide bonds. The highest BCUT2D eigenvalue weighted by atomic mass is 79.9. The minimum absolute atomic E-state index is 0.252. The number of benzene rings is 2. The number of halogens is 4. The van der Waals surface area contributed by atoms with Gasteiger partial charge in [-0.2, -0.15) is 13.2 Å². The summed E-state index contributed by atoms with van der Waals surface area (Å²) in [6.45, 7) is 4.94. The SMILES string of the molecule is CCCCCCCCCCCCNC(=O)c1cc(Br)c(OCC)c(-c2cccc(C(F)(F)F)c2)c1. The second-order valence-corrected chi connectivity index (χ2v) is 9.64. The maximum atomic E-state index is 13.2. The van der Waals surface area contributed by atoms with Crippen molar-refractivity contribution in [2.24, 2.45) is 0 Å². The van der Waals surface area contributed by atoms with Gasteiger partial charge in [0.05, 0.1) is 16.6 Å². The third kappa shape index (κ3) is 9.86. The van der Waals surface area contributed by atoms with E-state index in [-0.39, 0.29) is 5.91 Å². The Morgan fingerprint density at radius 2 is 1.54 bits per heavy atom. The van der Waals surface area contributed by atoms with Gasteiger partial charge >= 0.3 is 6.18 Å². The van der Waals surface area contributed by atoms with Crippen LogP contribution in [0.5, 0.6) is 5.75 Å². The lowest BCUT2D eigenvalue weighted by Crippen LogP contribution is -2.24. The summed E-state index contributed by atoms with van der Waals surface area (Å²) in [6, 6.07) is 8.30. The Morgan fingerprint density at radius 1 is 0.914 bits per heavy atom. The molecule has 0 spiro atoms. The first-order valence-corrected chi connectivity index (χ1v) is 13.5. The minimum atomic E-state index is -4.46. The van der Waals surface area contributed by atoms with Crippen LogP contribution in [0.15, 0.2) is 40.9 Å². The molecule has 0 radical (unpaired) electrons. The van der Waals surface area contributed by atoms with E-state index in [1.54, 1.807) is 25.1 Å². The number of alkyl halides is 3. The zero-order valence-corrected chi connectivity index (χ0v) is 22.4. The summed E-state index contributed by atoms with van der Waals surface area (Å²) in [6.07, 6.45) is 7.74. The van der Waals surface area contributed by atoms with Gasteiger partial charge in [0, 0.05) is 17.7 Å². The predicted molar refractivity (Wildman–Crippen MR) is 140 cm³/mol. The van der Waals surface area contributed by atoms with E-state index in [9.17, 15) is 18.0 Å². The van der Waals surface area contributed by atoms with Crippen LogP contribution in [0.1, 0.15) is 94.0 Å². The number of unbranched alkanes of at least 4 members (excludes halogenated alkanes) is 9. The molecule has 0 fully saturated rings. The molecule has 7 heteroatoms. The lowest BCUT2D eigenvalue weighted by atomic mass is 9.99. The molecule has 0 bridgehead atoms. The van der Waals surface area contributed by atoms with Crippen LogP contribution in [0.25, 0.3) is 11.1 Å². The van der Waals surface area contributed by atoms with Gasteiger partial charge in [0.1, 0.15) is 5.75 Å². The van der Waals surface area contributed by atoms with Crippen molar-refractivity contribution in [1.29, 1.82) is 0 Å². The lowest BCUT2D eigenvalue weighted by Gasteiger charge is -2.16. The van der Waals surface area contributed by atoms with Crippen molar-refractivity contribution in [2.45, 2.75) is 84.2 Å². The van der Waals surface area contributed by atoms with Crippen molar-refractivity contribution in [3.8, 4) is 16.9 Å². The normalized spacial score (nSPS) is 11.5. The third-order valence-corrected chi connectivity index (χ3v) is 6.50. The number of rotatable bonds is 15. The van der Waals surface area contributed by atoms with Gasteiger partial charge < -0.3 is 10.1 Å². The molecule has 0 aromatic heterocycles. The Hall–Kier alpha value is -2.02. The average molecular weight is 557 g/mol. The molecule has 0 saturated heterocycles. The summed E-state index contributed by atoms with van der Waals surface area (Å²) in [5.41, 5.74) is 0.411. The molecular formula is C28H37BrF3NO2. The monoisotopic (exact) mass is 555 g/mol. The molecule has 35 heavy (non-hydrogen) atoms. The van der Waals surface area contributed by atoms with E-state index in [2.05, 4.69) is 28.2 Å². The standard InChI is InChI=1S/C28H37BrF3NO2/c1-3-5-6-7-8-9-10-11-12-13-17-33-27(34)22-19-24(26(35-4-2)25(29)20-22)21-15-14-16-23(18-21)28(30,31)32/h14-16,18-20H,3-13,17H2,1-2H3,(H,33,34). The largest absolute Gasteiger partial charge is 0.492 e. The van der Waals surface area contributed by atoms with Gasteiger partial charge in [-0.05, 0) is 59.1 Å². The molecule has 2 aromatic rings. The van der Waals surface area contributed by atoms with Crippen LogP contribution >= 0.6 is 15.9 Å².